The van der Waals surface area contributed by atoms with Crippen LogP contribution in [0.5, 0.6) is 0 Å². The first-order chi connectivity index (χ1) is 6.89. The van der Waals surface area contributed by atoms with Crippen molar-refractivity contribution in [2.45, 2.75) is 6.10 Å². The molecule has 16 heavy (non-hydrogen) atoms. The van der Waals surface area contributed by atoms with Gasteiger partial charge in [0.15, 0.2) is 0 Å². The molecule has 0 bridgehead atoms. The van der Waals surface area contributed by atoms with Gasteiger partial charge in [0, 0.05) is 49.2 Å². The van der Waals surface area contributed by atoms with Crippen LogP contribution >= 0.6 is 0 Å². The van der Waals surface area contributed by atoms with Crippen molar-refractivity contribution in [3.05, 3.63) is 0 Å². The summed E-state index contributed by atoms with van der Waals surface area (Å²) in [5, 5.41) is 26.5. The molecule has 0 heterocycles. The molecule has 0 aliphatic carbocycles. The van der Waals surface area contributed by atoms with Crippen LogP contribution in [0.2, 0.25) is 0 Å². The zero-order valence-corrected chi connectivity index (χ0v) is 12.1. The minimum absolute atomic E-state index is 0. The van der Waals surface area contributed by atoms with Gasteiger partial charge in [-0.2, -0.15) is 8.42 Å². The predicted molar refractivity (Wildman–Crippen MR) is 58.8 cm³/mol. The molecule has 9 heteroatoms. The normalized spacial score (nSPS) is 13.6. The van der Waals surface area contributed by atoms with E-state index in [9.17, 15) is 13.5 Å². The maximum absolute atomic E-state index is 10.4. The minimum Gasteiger partial charge on any atom is -0.395 e. The van der Waals surface area contributed by atoms with Crippen molar-refractivity contribution in [2.24, 2.45) is 0 Å². The Hall–Kier alpha value is 0.750. The molecule has 0 aliphatic heterocycles. The molecule has 93 valence electrons. The van der Waals surface area contributed by atoms with Gasteiger partial charge in [-0.05, 0) is 0 Å². The molecular formula is C7H17NNaO6S. The molecular weight excluding hydrogens is 249 g/mol. The standard InChI is InChI=1S/C7H17NO6S.Na/c9-3-1-8(2-4-10)5-7(11)6-15(12,13)14;/h7,9-11H,1-6H2,(H,12,13,14);. The Morgan fingerprint density at radius 2 is 1.56 bits per heavy atom. The van der Waals surface area contributed by atoms with Crippen molar-refractivity contribution in [2.75, 3.05) is 38.6 Å². The average Bonchev–Trinajstić information content (AvgIpc) is 2.00. The van der Waals surface area contributed by atoms with Crippen LogP contribution in [0.1, 0.15) is 0 Å². The number of nitrogens with zero attached hydrogens (tertiary/aromatic N) is 1. The first-order valence-corrected chi connectivity index (χ1v) is 6.07. The summed E-state index contributed by atoms with van der Waals surface area (Å²) in [5.74, 6) is -0.750. The third kappa shape index (κ3) is 11.2. The third-order valence-corrected chi connectivity index (χ3v) is 2.51. The summed E-state index contributed by atoms with van der Waals surface area (Å²) in [7, 11) is -4.20. The number of rotatable bonds is 8. The first-order valence-electron chi connectivity index (χ1n) is 4.46. The monoisotopic (exact) mass is 266 g/mol. The van der Waals surface area contributed by atoms with Gasteiger partial charge in [0.25, 0.3) is 10.1 Å². The molecule has 0 saturated heterocycles. The van der Waals surface area contributed by atoms with Crippen LogP contribution in [0, 0.1) is 0 Å². The van der Waals surface area contributed by atoms with Crippen molar-refractivity contribution >= 4 is 39.7 Å². The van der Waals surface area contributed by atoms with Crippen LogP contribution in [-0.4, -0.2) is 107 Å². The molecule has 0 aromatic heterocycles. The Bertz CT molecular complexity index is 254. The molecule has 1 atom stereocenters. The Morgan fingerprint density at radius 1 is 1.12 bits per heavy atom. The molecule has 0 rings (SSSR count). The molecule has 0 saturated carbocycles. The fourth-order valence-electron chi connectivity index (χ4n) is 1.17. The van der Waals surface area contributed by atoms with Gasteiger partial charge in [-0.3, -0.25) is 9.45 Å². The number of hydrogen-bond acceptors (Lipinski definition) is 6. The van der Waals surface area contributed by atoms with Gasteiger partial charge in [0.1, 0.15) is 5.75 Å². The Kier molecular flexibility index (Phi) is 11.6. The van der Waals surface area contributed by atoms with E-state index in [-0.39, 0.29) is 62.4 Å². The van der Waals surface area contributed by atoms with Crippen molar-refractivity contribution < 1.29 is 28.3 Å². The molecule has 0 spiro atoms. The summed E-state index contributed by atoms with van der Waals surface area (Å²) < 4.78 is 29.3. The van der Waals surface area contributed by atoms with E-state index in [0.717, 1.165) is 0 Å². The van der Waals surface area contributed by atoms with Crippen LogP contribution in [0.4, 0.5) is 0 Å². The van der Waals surface area contributed by atoms with E-state index in [0.29, 0.717) is 0 Å². The van der Waals surface area contributed by atoms with E-state index in [1.807, 2.05) is 0 Å². The van der Waals surface area contributed by atoms with Crippen molar-refractivity contribution in [3.63, 3.8) is 0 Å². The van der Waals surface area contributed by atoms with E-state index in [1.54, 1.807) is 0 Å². The van der Waals surface area contributed by atoms with E-state index in [4.69, 9.17) is 14.8 Å². The second kappa shape index (κ2) is 9.75. The maximum Gasteiger partial charge on any atom is 0.267 e. The molecule has 0 fully saturated rings. The summed E-state index contributed by atoms with van der Waals surface area (Å²) in [5.41, 5.74) is 0. The minimum atomic E-state index is -4.20. The Morgan fingerprint density at radius 3 is 1.88 bits per heavy atom. The molecule has 0 amide bonds. The summed E-state index contributed by atoms with van der Waals surface area (Å²) in [6.45, 7) is 0.115. The molecule has 4 N–H and O–H groups in total. The largest absolute Gasteiger partial charge is 0.395 e. The van der Waals surface area contributed by atoms with Crippen molar-refractivity contribution in [1.82, 2.24) is 4.90 Å². The quantitative estimate of drug-likeness (QED) is 0.276. The van der Waals surface area contributed by atoms with Crippen LogP contribution in [0.15, 0.2) is 0 Å². The third-order valence-electron chi connectivity index (χ3n) is 1.70. The van der Waals surface area contributed by atoms with Gasteiger partial charge in [0.05, 0.1) is 19.3 Å². The van der Waals surface area contributed by atoms with Crippen LogP contribution in [0.25, 0.3) is 0 Å². The summed E-state index contributed by atoms with van der Waals surface area (Å²) in [6, 6.07) is 0. The van der Waals surface area contributed by atoms with E-state index < -0.39 is 22.0 Å². The summed E-state index contributed by atoms with van der Waals surface area (Å²) >= 11 is 0. The second-order valence-corrected chi connectivity index (χ2v) is 4.65. The number of aliphatic hydroxyl groups excluding tert-OH is 3. The van der Waals surface area contributed by atoms with Gasteiger partial charge in [0.2, 0.25) is 0 Å². The number of hydrogen-bond donors (Lipinski definition) is 4. The van der Waals surface area contributed by atoms with Gasteiger partial charge < -0.3 is 15.3 Å². The number of aliphatic hydroxyl groups is 3. The maximum atomic E-state index is 10.4. The fourth-order valence-corrected chi connectivity index (χ4v) is 1.76. The van der Waals surface area contributed by atoms with Gasteiger partial charge in [-0.1, -0.05) is 0 Å². The molecule has 0 aromatic rings. The zero-order valence-electron chi connectivity index (χ0n) is 9.28. The van der Waals surface area contributed by atoms with Gasteiger partial charge in [-0.25, -0.2) is 0 Å². The van der Waals surface area contributed by atoms with Crippen molar-refractivity contribution in [1.29, 1.82) is 0 Å². The zero-order chi connectivity index (χ0) is 11.9. The van der Waals surface area contributed by atoms with Crippen molar-refractivity contribution in [3.8, 4) is 0 Å². The molecule has 1 unspecified atom stereocenters. The topological polar surface area (TPSA) is 118 Å². The van der Waals surface area contributed by atoms with E-state index in [2.05, 4.69) is 0 Å². The van der Waals surface area contributed by atoms with Crippen LogP contribution in [-0.2, 0) is 10.1 Å². The Balaban J connectivity index is 0. The Labute approximate surface area is 117 Å². The fraction of sp³-hybridized carbons (Fsp3) is 1.00. The molecule has 1 radical (unpaired) electrons. The average molecular weight is 266 g/mol. The van der Waals surface area contributed by atoms with E-state index >= 15 is 0 Å². The van der Waals surface area contributed by atoms with E-state index in [1.165, 1.54) is 4.90 Å². The predicted octanol–water partition coefficient (Wildman–Crippen LogP) is -2.86. The second-order valence-electron chi connectivity index (χ2n) is 3.15. The SMILES string of the molecule is O=S(=O)(O)CC(O)CN(CCO)CCO.[Na]. The molecule has 0 aliphatic rings. The smallest absolute Gasteiger partial charge is 0.267 e. The van der Waals surface area contributed by atoms with Crippen LogP contribution < -0.4 is 0 Å². The summed E-state index contributed by atoms with van der Waals surface area (Å²) in [4.78, 5) is 1.50. The van der Waals surface area contributed by atoms with Crippen LogP contribution in [0.3, 0.4) is 0 Å². The molecule has 7 nitrogen and oxygen atoms in total. The summed E-state index contributed by atoms with van der Waals surface area (Å²) in [6.07, 6.45) is -1.24. The first kappa shape index (κ1) is 19.1. The molecule has 0 aromatic carbocycles. The van der Waals surface area contributed by atoms with Gasteiger partial charge in [-0.15, -0.1) is 0 Å². The van der Waals surface area contributed by atoms with Gasteiger partial charge >= 0.3 is 0 Å².